The van der Waals surface area contributed by atoms with E-state index in [1.165, 1.54) is 39.6 Å². The molecule has 0 saturated heterocycles. The molecule has 0 aromatic heterocycles. The maximum atomic E-state index is 3.67. The number of fused-ring (bicyclic) bond motifs is 1. The van der Waals surface area contributed by atoms with Crippen molar-refractivity contribution in [2.45, 2.75) is 32.1 Å². The molecule has 3 rings (SSSR count). The van der Waals surface area contributed by atoms with Crippen LogP contribution in [0.25, 0.3) is 0 Å². The average Bonchev–Trinajstić information content (AvgIpc) is 2.84. The summed E-state index contributed by atoms with van der Waals surface area (Å²) in [5, 5.41) is 0. The molecule has 0 spiro atoms. The second-order valence-corrected chi connectivity index (χ2v) is 5.85. The first-order chi connectivity index (χ1) is 8.79. The molecular formula is C17H17Br. The Balaban J connectivity index is 1.98. The fourth-order valence-electron chi connectivity index (χ4n) is 2.94. The van der Waals surface area contributed by atoms with E-state index in [1.54, 1.807) is 0 Å². The van der Waals surface area contributed by atoms with Gasteiger partial charge in [-0.3, -0.25) is 0 Å². The highest BCUT2D eigenvalue weighted by atomic mass is 79.9. The zero-order valence-electron chi connectivity index (χ0n) is 10.6. The fraction of sp³-hybridized carbons (Fsp3) is 0.294. The lowest BCUT2D eigenvalue weighted by Crippen LogP contribution is -1.96. The van der Waals surface area contributed by atoms with Crippen LogP contribution in [0.15, 0.2) is 46.9 Å². The molecule has 2 aromatic rings. The first kappa shape index (κ1) is 12.0. The van der Waals surface area contributed by atoms with Crippen LogP contribution in [0.2, 0.25) is 0 Å². The third kappa shape index (κ3) is 2.01. The van der Waals surface area contributed by atoms with Crippen LogP contribution in [-0.4, -0.2) is 0 Å². The molecule has 18 heavy (non-hydrogen) atoms. The summed E-state index contributed by atoms with van der Waals surface area (Å²) in [6.45, 7) is 2.21. The van der Waals surface area contributed by atoms with Gasteiger partial charge in [-0.2, -0.15) is 0 Å². The number of hydrogen-bond donors (Lipinski definition) is 0. The molecular weight excluding hydrogens is 284 g/mol. The molecule has 0 N–H and O–H groups in total. The number of benzene rings is 2. The summed E-state index contributed by atoms with van der Waals surface area (Å²) >= 11 is 3.67. The highest BCUT2D eigenvalue weighted by Crippen LogP contribution is 2.40. The summed E-state index contributed by atoms with van der Waals surface area (Å²) in [6, 6.07) is 15.7. The lowest BCUT2D eigenvalue weighted by molar-refractivity contribution is 0.787. The van der Waals surface area contributed by atoms with E-state index in [9.17, 15) is 0 Å². The molecule has 0 fully saturated rings. The minimum atomic E-state index is 0.586. The fourth-order valence-corrected chi connectivity index (χ4v) is 3.52. The summed E-state index contributed by atoms with van der Waals surface area (Å²) in [7, 11) is 0. The molecule has 1 aliphatic carbocycles. The van der Waals surface area contributed by atoms with Gasteiger partial charge in [0, 0.05) is 10.4 Å². The summed E-state index contributed by atoms with van der Waals surface area (Å²) < 4.78 is 1.27. The Morgan fingerprint density at radius 2 is 1.89 bits per heavy atom. The average molecular weight is 301 g/mol. The van der Waals surface area contributed by atoms with Gasteiger partial charge >= 0.3 is 0 Å². The van der Waals surface area contributed by atoms with Crippen molar-refractivity contribution in [1.82, 2.24) is 0 Å². The Kier molecular flexibility index (Phi) is 3.25. The molecule has 0 nitrogen and oxygen atoms in total. The molecule has 1 aliphatic rings. The number of aryl methyl sites for hydroxylation is 1. The monoisotopic (exact) mass is 300 g/mol. The lowest BCUT2D eigenvalue weighted by Gasteiger charge is -2.13. The highest BCUT2D eigenvalue weighted by Gasteiger charge is 2.24. The van der Waals surface area contributed by atoms with Gasteiger partial charge in [0.2, 0.25) is 0 Å². The molecule has 1 atom stereocenters. The predicted octanol–water partition coefficient (Wildman–Crippen LogP) is 5.09. The summed E-state index contributed by atoms with van der Waals surface area (Å²) in [5.41, 5.74) is 5.89. The van der Waals surface area contributed by atoms with Crippen molar-refractivity contribution in [2.24, 2.45) is 0 Å². The van der Waals surface area contributed by atoms with Gasteiger partial charge in [-0.25, -0.2) is 0 Å². The van der Waals surface area contributed by atoms with Gasteiger partial charge < -0.3 is 0 Å². The van der Waals surface area contributed by atoms with Crippen molar-refractivity contribution >= 4 is 15.9 Å². The molecule has 0 radical (unpaired) electrons. The zero-order valence-corrected chi connectivity index (χ0v) is 12.2. The van der Waals surface area contributed by atoms with Crippen molar-refractivity contribution in [2.75, 3.05) is 0 Å². The third-order valence-electron chi connectivity index (χ3n) is 4.00. The van der Waals surface area contributed by atoms with E-state index >= 15 is 0 Å². The van der Waals surface area contributed by atoms with Crippen LogP contribution in [0, 0.1) is 0 Å². The van der Waals surface area contributed by atoms with Gasteiger partial charge in [-0.05, 0) is 47.6 Å². The van der Waals surface area contributed by atoms with E-state index in [1.807, 2.05) is 0 Å². The van der Waals surface area contributed by atoms with Gasteiger partial charge in [0.25, 0.3) is 0 Å². The Morgan fingerprint density at radius 3 is 2.61 bits per heavy atom. The second kappa shape index (κ2) is 4.89. The van der Waals surface area contributed by atoms with Crippen LogP contribution in [0.3, 0.4) is 0 Å². The highest BCUT2D eigenvalue weighted by molar-refractivity contribution is 9.10. The van der Waals surface area contributed by atoms with E-state index in [2.05, 4.69) is 65.3 Å². The van der Waals surface area contributed by atoms with E-state index in [-0.39, 0.29) is 0 Å². The Morgan fingerprint density at radius 1 is 1.11 bits per heavy atom. The van der Waals surface area contributed by atoms with E-state index in [4.69, 9.17) is 0 Å². The second-order valence-electron chi connectivity index (χ2n) is 4.99. The molecule has 0 saturated carbocycles. The molecule has 0 amide bonds. The largest absolute Gasteiger partial charge is 0.0613 e. The van der Waals surface area contributed by atoms with Crippen molar-refractivity contribution in [1.29, 1.82) is 0 Å². The van der Waals surface area contributed by atoms with Crippen molar-refractivity contribution in [3.8, 4) is 0 Å². The molecule has 0 heterocycles. The van der Waals surface area contributed by atoms with Crippen LogP contribution >= 0.6 is 15.9 Å². The van der Waals surface area contributed by atoms with Gasteiger partial charge in [0.05, 0.1) is 0 Å². The third-order valence-corrected chi connectivity index (χ3v) is 4.75. The predicted molar refractivity (Wildman–Crippen MR) is 80.1 cm³/mol. The smallest absolute Gasteiger partial charge is 0.0210 e. The quantitative estimate of drug-likeness (QED) is 0.725. The SMILES string of the molecule is CCc1ccc(C2CCc3c(Br)cccc32)cc1. The van der Waals surface area contributed by atoms with Crippen LogP contribution < -0.4 is 0 Å². The molecule has 2 aromatic carbocycles. The van der Waals surface area contributed by atoms with Crippen molar-refractivity contribution in [3.63, 3.8) is 0 Å². The maximum Gasteiger partial charge on any atom is 0.0210 e. The van der Waals surface area contributed by atoms with Gasteiger partial charge in [0.15, 0.2) is 0 Å². The van der Waals surface area contributed by atoms with Crippen LogP contribution in [0.5, 0.6) is 0 Å². The van der Waals surface area contributed by atoms with Crippen LogP contribution in [0.4, 0.5) is 0 Å². The Hall–Kier alpha value is -1.08. The van der Waals surface area contributed by atoms with Gasteiger partial charge in [0.1, 0.15) is 0 Å². The Labute approximate surface area is 117 Å². The first-order valence-corrected chi connectivity index (χ1v) is 7.45. The number of rotatable bonds is 2. The van der Waals surface area contributed by atoms with E-state index in [0.717, 1.165) is 6.42 Å². The lowest BCUT2D eigenvalue weighted by atomic mass is 9.92. The summed E-state index contributed by atoms with van der Waals surface area (Å²) in [6.07, 6.45) is 3.55. The molecule has 0 bridgehead atoms. The maximum absolute atomic E-state index is 3.67. The van der Waals surface area contributed by atoms with E-state index in [0.29, 0.717) is 5.92 Å². The normalized spacial score (nSPS) is 17.8. The number of hydrogen-bond acceptors (Lipinski definition) is 0. The van der Waals surface area contributed by atoms with Gasteiger partial charge in [-0.15, -0.1) is 0 Å². The van der Waals surface area contributed by atoms with Gasteiger partial charge in [-0.1, -0.05) is 59.3 Å². The van der Waals surface area contributed by atoms with Crippen molar-refractivity contribution in [3.05, 3.63) is 69.2 Å². The standard InChI is InChI=1S/C17H17Br/c1-2-12-6-8-13(9-7-12)14-10-11-16-15(14)4-3-5-17(16)18/h3-9,14H,2,10-11H2,1H3. The topological polar surface area (TPSA) is 0 Å². The minimum Gasteiger partial charge on any atom is -0.0613 e. The molecule has 0 aliphatic heterocycles. The first-order valence-electron chi connectivity index (χ1n) is 6.65. The molecule has 1 unspecified atom stereocenters. The minimum absolute atomic E-state index is 0.586. The molecule has 1 heteroatoms. The summed E-state index contributed by atoms with van der Waals surface area (Å²) in [5.74, 6) is 0.586. The molecule has 92 valence electrons. The Bertz CT molecular complexity index is 554. The van der Waals surface area contributed by atoms with Crippen molar-refractivity contribution < 1.29 is 0 Å². The van der Waals surface area contributed by atoms with Crippen LogP contribution in [0.1, 0.15) is 41.5 Å². The summed E-state index contributed by atoms with van der Waals surface area (Å²) in [4.78, 5) is 0. The van der Waals surface area contributed by atoms with E-state index < -0.39 is 0 Å². The number of halogens is 1. The van der Waals surface area contributed by atoms with Crippen LogP contribution in [-0.2, 0) is 12.8 Å². The zero-order chi connectivity index (χ0) is 12.5.